The van der Waals surface area contributed by atoms with Crippen molar-refractivity contribution in [1.29, 1.82) is 0 Å². The summed E-state index contributed by atoms with van der Waals surface area (Å²) in [7, 11) is -3.79. The highest BCUT2D eigenvalue weighted by Crippen LogP contribution is 2.36. The number of hydrogen-bond donors (Lipinski definition) is 3. The molecule has 0 atom stereocenters. The van der Waals surface area contributed by atoms with Crippen molar-refractivity contribution in [3.05, 3.63) is 54.6 Å². The second-order valence-electron chi connectivity index (χ2n) is 6.34. The number of para-hydroxylation sites is 1. The van der Waals surface area contributed by atoms with Crippen molar-refractivity contribution >= 4 is 15.9 Å². The highest BCUT2D eigenvalue weighted by atomic mass is 32.2. The van der Waals surface area contributed by atoms with Crippen molar-refractivity contribution in [2.75, 3.05) is 0 Å². The molecule has 138 valence electrons. The van der Waals surface area contributed by atoms with E-state index in [2.05, 4.69) is 4.72 Å². The minimum absolute atomic E-state index is 0.0913. The van der Waals surface area contributed by atoms with Crippen LogP contribution in [0.25, 0.3) is 0 Å². The predicted molar refractivity (Wildman–Crippen MR) is 94.4 cm³/mol. The summed E-state index contributed by atoms with van der Waals surface area (Å²) in [5, 5.41) is 8.69. The number of rotatable bonds is 7. The van der Waals surface area contributed by atoms with Crippen LogP contribution >= 0.6 is 0 Å². The Morgan fingerprint density at radius 2 is 1.65 bits per heavy atom. The van der Waals surface area contributed by atoms with E-state index in [1.54, 1.807) is 29.7 Å². The molecule has 1 saturated carbocycles. The van der Waals surface area contributed by atoms with E-state index in [4.69, 9.17) is 9.94 Å². The molecule has 0 heterocycles. The zero-order valence-electron chi connectivity index (χ0n) is 14.0. The Morgan fingerprint density at radius 1 is 1.04 bits per heavy atom. The molecule has 0 bridgehead atoms. The number of carbonyl (C=O) groups is 1. The molecular weight excluding hydrogens is 356 g/mol. The number of amides is 1. The normalized spacial score (nSPS) is 15.7. The van der Waals surface area contributed by atoms with Gasteiger partial charge in [-0.05, 0) is 55.7 Å². The lowest BCUT2D eigenvalue weighted by molar-refractivity contribution is -0.131. The first-order valence-electron chi connectivity index (χ1n) is 8.22. The standard InChI is InChI=1S/C18H20N2O5S/c21-17(19-22)13-18(11-4-12-18)20-26(23,24)16-9-7-15(8-10-16)25-14-5-2-1-3-6-14/h1-3,5-10,20,22H,4,11-13H2,(H,19,21). The van der Waals surface area contributed by atoms with E-state index < -0.39 is 21.5 Å². The third-order valence-corrected chi connectivity index (χ3v) is 5.99. The van der Waals surface area contributed by atoms with Crippen LogP contribution in [0.15, 0.2) is 59.5 Å². The smallest absolute Gasteiger partial charge is 0.245 e. The summed E-state index contributed by atoms with van der Waals surface area (Å²) >= 11 is 0. The van der Waals surface area contributed by atoms with E-state index in [-0.39, 0.29) is 11.3 Å². The van der Waals surface area contributed by atoms with Crippen molar-refractivity contribution in [1.82, 2.24) is 10.2 Å². The minimum atomic E-state index is -3.79. The fourth-order valence-electron chi connectivity index (χ4n) is 2.92. The molecular formula is C18H20N2O5S. The highest BCUT2D eigenvalue weighted by molar-refractivity contribution is 7.89. The molecule has 1 amide bonds. The molecule has 0 spiro atoms. The Hall–Kier alpha value is -2.42. The number of hydroxylamine groups is 1. The number of ether oxygens (including phenoxy) is 1. The maximum atomic E-state index is 12.6. The molecule has 2 aromatic carbocycles. The molecule has 3 N–H and O–H groups in total. The Bertz CT molecular complexity index is 862. The second kappa shape index (κ2) is 7.45. The van der Waals surface area contributed by atoms with Gasteiger partial charge in [0.15, 0.2) is 0 Å². The molecule has 26 heavy (non-hydrogen) atoms. The van der Waals surface area contributed by atoms with Gasteiger partial charge in [-0.2, -0.15) is 0 Å². The van der Waals surface area contributed by atoms with Crippen molar-refractivity contribution in [3.63, 3.8) is 0 Å². The van der Waals surface area contributed by atoms with E-state index in [0.29, 0.717) is 24.3 Å². The first-order valence-corrected chi connectivity index (χ1v) is 9.71. The van der Waals surface area contributed by atoms with Gasteiger partial charge in [-0.25, -0.2) is 18.6 Å². The van der Waals surface area contributed by atoms with Gasteiger partial charge in [0.05, 0.1) is 4.90 Å². The lowest BCUT2D eigenvalue weighted by atomic mass is 9.75. The number of nitrogens with one attached hydrogen (secondary N) is 2. The van der Waals surface area contributed by atoms with Gasteiger partial charge in [0.1, 0.15) is 11.5 Å². The highest BCUT2D eigenvalue weighted by Gasteiger charge is 2.42. The molecule has 0 saturated heterocycles. The van der Waals surface area contributed by atoms with Gasteiger partial charge in [0, 0.05) is 12.0 Å². The van der Waals surface area contributed by atoms with Gasteiger partial charge in [-0.1, -0.05) is 18.2 Å². The summed E-state index contributed by atoms with van der Waals surface area (Å²) in [6.07, 6.45) is 1.83. The molecule has 7 nitrogen and oxygen atoms in total. The molecule has 2 aromatic rings. The topological polar surface area (TPSA) is 105 Å². The Labute approximate surface area is 152 Å². The fourth-order valence-corrected chi connectivity index (χ4v) is 4.38. The lowest BCUT2D eigenvalue weighted by Crippen LogP contribution is -2.55. The van der Waals surface area contributed by atoms with Crippen molar-refractivity contribution in [2.24, 2.45) is 0 Å². The third kappa shape index (κ3) is 4.21. The molecule has 0 aliphatic heterocycles. The molecule has 8 heteroatoms. The van der Waals surface area contributed by atoms with Gasteiger partial charge >= 0.3 is 0 Å². The summed E-state index contributed by atoms with van der Waals surface area (Å²) in [6.45, 7) is 0. The van der Waals surface area contributed by atoms with Gasteiger partial charge < -0.3 is 4.74 Å². The Kier molecular flexibility index (Phi) is 5.26. The van der Waals surface area contributed by atoms with E-state index in [0.717, 1.165) is 6.42 Å². The minimum Gasteiger partial charge on any atom is -0.457 e. The maximum Gasteiger partial charge on any atom is 0.245 e. The van der Waals surface area contributed by atoms with Crippen LogP contribution in [0.4, 0.5) is 0 Å². The zero-order valence-corrected chi connectivity index (χ0v) is 14.8. The van der Waals surface area contributed by atoms with Crippen LogP contribution in [0.1, 0.15) is 25.7 Å². The van der Waals surface area contributed by atoms with Crippen LogP contribution in [-0.4, -0.2) is 25.1 Å². The van der Waals surface area contributed by atoms with Crippen LogP contribution in [0, 0.1) is 0 Å². The first-order chi connectivity index (χ1) is 12.4. The summed E-state index contributed by atoms with van der Waals surface area (Å²) in [4.78, 5) is 11.5. The third-order valence-electron chi connectivity index (χ3n) is 4.40. The molecule has 3 rings (SSSR count). The molecule has 1 aliphatic rings. The Morgan fingerprint density at radius 3 is 2.19 bits per heavy atom. The van der Waals surface area contributed by atoms with E-state index in [9.17, 15) is 13.2 Å². The van der Waals surface area contributed by atoms with Crippen LogP contribution < -0.4 is 14.9 Å². The fraction of sp³-hybridized carbons (Fsp3) is 0.278. The van der Waals surface area contributed by atoms with E-state index >= 15 is 0 Å². The Balaban J connectivity index is 1.72. The molecule has 0 unspecified atom stereocenters. The summed E-state index contributed by atoms with van der Waals surface area (Å²) in [5.74, 6) is 0.567. The molecule has 1 fully saturated rings. The molecule has 0 radical (unpaired) electrons. The summed E-state index contributed by atoms with van der Waals surface area (Å²) < 4.78 is 33.5. The molecule has 0 aromatic heterocycles. The van der Waals surface area contributed by atoms with Crippen LogP contribution in [-0.2, 0) is 14.8 Å². The van der Waals surface area contributed by atoms with E-state index in [1.165, 1.54) is 12.1 Å². The van der Waals surface area contributed by atoms with Gasteiger partial charge in [0.25, 0.3) is 0 Å². The van der Waals surface area contributed by atoms with Gasteiger partial charge in [-0.3, -0.25) is 10.0 Å². The van der Waals surface area contributed by atoms with Crippen LogP contribution in [0.3, 0.4) is 0 Å². The van der Waals surface area contributed by atoms with Crippen molar-refractivity contribution < 1.29 is 23.2 Å². The number of benzene rings is 2. The average molecular weight is 376 g/mol. The van der Waals surface area contributed by atoms with Gasteiger partial charge in [0.2, 0.25) is 15.9 Å². The van der Waals surface area contributed by atoms with E-state index in [1.807, 2.05) is 18.2 Å². The van der Waals surface area contributed by atoms with Crippen LogP contribution in [0.5, 0.6) is 11.5 Å². The second-order valence-corrected chi connectivity index (χ2v) is 8.02. The van der Waals surface area contributed by atoms with Crippen molar-refractivity contribution in [2.45, 2.75) is 36.1 Å². The van der Waals surface area contributed by atoms with Gasteiger partial charge in [-0.15, -0.1) is 0 Å². The quantitative estimate of drug-likeness (QED) is 0.509. The first kappa shape index (κ1) is 18.4. The maximum absolute atomic E-state index is 12.6. The zero-order chi connectivity index (χ0) is 18.6. The number of carbonyl (C=O) groups excluding carboxylic acids is 1. The average Bonchev–Trinajstić information content (AvgIpc) is 2.61. The predicted octanol–water partition coefficient (Wildman–Crippen LogP) is 2.58. The largest absolute Gasteiger partial charge is 0.457 e. The lowest BCUT2D eigenvalue weighted by Gasteiger charge is -2.41. The SMILES string of the molecule is O=C(CC1(NS(=O)(=O)c2ccc(Oc3ccccc3)cc2)CCC1)NO. The molecule has 1 aliphatic carbocycles. The number of hydrogen-bond acceptors (Lipinski definition) is 5. The van der Waals surface area contributed by atoms with Crippen molar-refractivity contribution in [3.8, 4) is 11.5 Å². The number of sulfonamides is 1. The monoisotopic (exact) mass is 376 g/mol. The summed E-state index contributed by atoms with van der Waals surface area (Å²) in [6, 6.07) is 15.2. The summed E-state index contributed by atoms with van der Waals surface area (Å²) in [5.41, 5.74) is 0.712. The van der Waals surface area contributed by atoms with Crippen LogP contribution in [0.2, 0.25) is 0 Å².